The van der Waals surface area contributed by atoms with Crippen molar-refractivity contribution in [1.82, 2.24) is 0 Å². The Morgan fingerprint density at radius 2 is 1.76 bits per heavy atom. The maximum Gasteiger partial charge on any atom is 0.323 e. The number of carbonyl (C=O) groups is 2. The number of ether oxygens (including phenoxy) is 2. The molecule has 0 radical (unpaired) electrons. The summed E-state index contributed by atoms with van der Waals surface area (Å²) in [6, 6.07) is 21.8. The largest absolute Gasteiger partial charge is 0.487 e. The van der Waals surface area contributed by atoms with Crippen molar-refractivity contribution in [3.05, 3.63) is 89.0 Å². The molecule has 2 aliphatic rings. The average Bonchev–Trinajstić information content (AvgIpc) is 3.66. The minimum absolute atomic E-state index is 0.0220. The second kappa shape index (κ2) is 10.7. The van der Waals surface area contributed by atoms with Crippen molar-refractivity contribution in [2.75, 3.05) is 17.2 Å². The molecule has 3 aromatic rings. The van der Waals surface area contributed by atoms with E-state index in [1.54, 1.807) is 0 Å². The average molecular weight is 499 g/mol. The summed E-state index contributed by atoms with van der Waals surface area (Å²) in [5.74, 6) is 0.971. The standard InChI is InChI=1S/C31H34N2O4/c1-4-36-27(34)16-20(3)23-17-25-28(21-8-6-5-7-9-21)29(22-12-13-22)37-30(25)26(18-23)33-31(35)32-24-14-10-19(2)11-15-24/h5-11,14-15,17-18,20,22,28-29H,4,12-13,16H2,1-3H3,(H2,32,33,35)/t20?,28-,29+/m0/s1. The lowest BCUT2D eigenvalue weighted by molar-refractivity contribution is -0.143. The molecule has 5 rings (SSSR count). The van der Waals surface area contributed by atoms with Gasteiger partial charge in [-0.25, -0.2) is 4.79 Å². The van der Waals surface area contributed by atoms with Gasteiger partial charge in [0.05, 0.1) is 18.7 Å². The maximum absolute atomic E-state index is 13.0. The Morgan fingerprint density at radius 1 is 1.03 bits per heavy atom. The molecule has 37 heavy (non-hydrogen) atoms. The van der Waals surface area contributed by atoms with E-state index in [9.17, 15) is 9.59 Å². The molecular weight excluding hydrogens is 464 g/mol. The van der Waals surface area contributed by atoms with Crippen molar-refractivity contribution >= 4 is 23.4 Å². The molecule has 6 nitrogen and oxygen atoms in total. The zero-order valence-corrected chi connectivity index (χ0v) is 21.6. The summed E-state index contributed by atoms with van der Waals surface area (Å²) in [7, 11) is 0. The van der Waals surface area contributed by atoms with E-state index >= 15 is 0 Å². The van der Waals surface area contributed by atoms with Crippen LogP contribution in [0.4, 0.5) is 16.2 Å². The van der Waals surface area contributed by atoms with E-state index < -0.39 is 0 Å². The highest BCUT2D eigenvalue weighted by molar-refractivity contribution is 6.01. The van der Waals surface area contributed by atoms with Gasteiger partial charge in [0.2, 0.25) is 0 Å². The van der Waals surface area contributed by atoms with E-state index in [0.29, 0.717) is 23.9 Å². The van der Waals surface area contributed by atoms with Gasteiger partial charge in [-0.05, 0) is 67.9 Å². The summed E-state index contributed by atoms with van der Waals surface area (Å²) in [5, 5.41) is 5.96. The summed E-state index contributed by atoms with van der Waals surface area (Å²) in [4.78, 5) is 25.3. The summed E-state index contributed by atoms with van der Waals surface area (Å²) in [5.41, 5.74) is 5.68. The van der Waals surface area contributed by atoms with Crippen LogP contribution in [0, 0.1) is 12.8 Å². The van der Waals surface area contributed by atoms with Crippen molar-refractivity contribution < 1.29 is 19.1 Å². The topological polar surface area (TPSA) is 76.7 Å². The van der Waals surface area contributed by atoms with Gasteiger partial charge in [-0.1, -0.05) is 61.0 Å². The Hall–Kier alpha value is -3.80. The smallest absolute Gasteiger partial charge is 0.323 e. The summed E-state index contributed by atoms with van der Waals surface area (Å²) < 4.78 is 11.8. The molecule has 0 spiro atoms. The van der Waals surface area contributed by atoms with E-state index in [-0.39, 0.29) is 36.4 Å². The van der Waals surface area contributed by atoms with E-state index in [4.69, 9.17) is 9.47 Å². The monoisotopic (exact) mass is 498 g/mol. The van der Waals surface area contributed by atoms with Gasteiger partial charge < -0.3 is 20.1 Å². The molecule has 1 saturated carbocycles. The molecule has 1 aliphatic carbocycles. The number of esters is 1. The predicted octanol–water partition coefficient (Wildman–Crippen LogP) is 7.00. The van der Waals surface area contributed by atoms with Crippen LogP contribution in [0.15, 0.2) is 66.7 Å². The molecule has 1 unspecified atom stereocenters. The quantitative estimate of drug-likeness (QED) is 0.328. The number of anilines is 2. The van der Waals surface area contributed by atoms with Crippen LogP contribution in [-0.4, -0.2) is 24.7 Å². The van der Waals surface area contributed by atoms with Gasteiger partial charge in [0.1, 0.15) is 11.9 Å². The lowest BCUT2D eigenvalue weighted by Crippen LogP contribution is -2.22. The molecule has 6 heteroatoms. The fraction of sp³-hybridized carbons (Fsp3) is 0.355. The third-order valence-electron chi connectivity index (χ3n) is 7.21. The SMILES string of the molecule is CCOC(=O)CC(C)c1cc(NC(=O)Nc2ccc(C)cc2)c2c(c1)[C@H](c1ccccc1)[C@@H](C1CC1)O2. The normalized spacial score (nSPS) is 18.9. The van der Waals surface area contributed by atoms with Crippen LogP contribution < -0.4 is 15.4 Å². The number of nitrogens with one attached hydrogen (secondary N) is 2. The summed E-state index contributed by atoms with van der Waals surface area (Å²) >= 11 is 0. The second-order valence-electron chi connectivity index (χ2n) is 10.2. The number of urea groups is 1. The highest BCUT2D eigenvalue weighted by atomic mass is 16.5. The Balaban J connectivity index is 1.50. The van der Waals surface area contributed by atoms with Crippen LogP contribution in [0.1, 0.15) is 67.2 Å². The molecule has 0 saturated heterocycles. The third-order valence-corrected chi connectivity index (χ3v) is 7.21. The number of fused-ring (bicyclic) bond motifs is 1. The highest BCUT2D eigenvalue weighted by Gasteiger charge is 2.46. The van der Waals surface area contributed by atoms with Crippen LogP contribution in [0.25, 0.3) is 0 Å². The third kappa shape index (κ3) is 5.63. The molecule has 2 amide bonds. The summed E-state index contributed by atoms with van der Waals surface area (Å²) in [6.07, 6.45) is 2.58. The Kier molecular flexibility index (Phi) is 7.17. The first-order valence-corrected chi connectivity index (χ1v) is 13.1. The lowest BCUT2D eigenvalue weighted by Gasteiger charge is -2.19. The molecule has 0 aromatic heterocycles. The highest BCUT2D eigenvalue weighted by Crippen LogP contribution is 2.53. The number of hydrogen-bond acceptors (Lipinski definition) is 4. The minimum atomic E-state index is -0.337. The van der Waals surface area contributed by atoms with Gasteiger partial charge in [0.15, 0.2) is 0 Å². The van der Waals surface area contributed by atoms with Gasteiger partial charge in [0, 0.05) is 17.2 Å². The second-order valence-corrected chi connectivity index (χ2v) is 10.2. The molecular formula is C31H34N2O4. The minimum Gasteiger partial charge on any atom is -0.487 e. The van der Waals surface area contributed by atoms with Gasteiger partial charge in [-0.15, -0.1) is 0 Å². The van der Waals surface area contributed by atoms with Crippen LogP contribution >= 0.6 is 0 Å². The number of aryl methyl sites for hydroxylation is 1. The van der Waals surface area contributed by atoms with Crippen molar-refractivity contribution in [2.45, 2.75) is 58.0 Å². The van der Waals surface area contributed by atoms with E-state index in [0.717, 1.165) is 35.3 Å². The van der Waals surface area contributed by atoms with Crippen molar-refractivity contribution in [3.63, 3.8) is 0 Å². The van der Waals surface area contributed by atoms with Gasteiger partial charge in [-0.2, -0.15) is 0 Å². The zero-order valence-electron chi connectivity index (χ0n) is 21.6. The van der Waals surface area contributed by atoms with E-state index in [2.05, 4.69) is 41.0 Å². The molecule has 3 aromatic carbocycles. The molecule has 1 heterocycles. The molecule has 192 valence electrons. The number of benzene rings is 3. The van der Waals surface area contributed by atoms with Crippen molar-refractivity contribution in [1.29, 1.82) is 0 Å². The number of rotatable bonds is 8. The fourth-order valence-electron chi connectivity index (χ4n) is 5.13. The number of amides is 2. The predicted molar refractivity (Wildman–Crippen MR) is 145 cm³/mol. The molecule has 1 fully saturated rings. The first-order chi connectivity index (χ1) is 17.9. The van der Waals surface area contributed by atoms with Crippen LogP contribution in [0.2, 0.25) is 0 Å². The van der Waals surface area contributed by atoms with E-state index in [1.807, 2.05) is 57.2 Å². The van der Waals surface area contributed by atoms with Gasteiger partial charge >= 0.3 is 12.0 Å². The lowest BCUT2D eigenvalue weighted by atomic mass is 9.84. The van der Waals surface area contributed by atoms with E-state index in [1.165, 1.54) is 5.56 Å². The number of hydrogen-bond donors (Lipinski definition) is 2. The molecule has 2 N–H and O–H groups in total. The fourth-order valence-corrected chi connectivity index (χ4v) is 5.13. The van der Waals surface area contributed by atoms with Crippen LogP contribution in [0.3, 0.4) is 0 Å². The first-order valence-electron chi connectivity index (χ1n) is 13.1. The molecule has 1 aliphatic heterocycles. The first kappa shape index (κ1) is 24.9. The van der Waals surface area contributed by atoms with Crippen LogP contribution in [-0.2, 0) is 9.53 Å². The Bertz CT molecular complexity index is 1270. The number of carbonyl (C=O) groups excluding carboxylic acids is 2. The molecule has 3 atom stereocenters. The molecule has 0 bridgehead atoms. The Morgan fingerprint density at radius 3 is 2.43 bits per heavy atom. The van der Waals surface area contributed by atoms with Gasteiger partial charge in [-0.3, -0.25) is 4.79 Å². The Labute approximate surface area is 218 Å². The summed E-state index contributed by atoms with van der Waals surface area (Å²) in [6.45, 7) is 6.19. The zero-order chi connectivity index (χ0) is 25.9. The van der Waals surface area contributed by atoms with Crippen molar-refractivity contribution in [3.8, 4) is 5.75 Å². The van der Waals surface area contributed by atoms with Crippen LogP contribution in [0.5, 0.6) is 5.75 Å². The maximum atomic E-state index is 13.0. The van der Waals surface area contributed by atoms with Gasteiger partial charge in [0.25, 0.3) is 0 Å². The van der Waals surface area contributed by atoms with Crippen molar-refractivity contribution in [2.24, 2.45) is 5.92 Å².